The van der Waals surface area contributed by atoms with Gasteiger partial charge in [-0.05, 0) is 30.3 Å². The number of nitrogens with one attached hydrogen (secondary N) is 1. The summed E-state index contributed by atoms with van der Waals surface area (Å²) < 4.78 is 0. The zero-order valence-corrected chi connectivity index (χ0v) is 13.3. The van der Waals surface area contributed by atoms with Crippen LogP contribution in [0.4, 0.5) is 34.1 Å². The molecule has 0 bridgehead atoms. The normalized spacial score (nSPS) is 10.2. The molecule has 5 N–H and O–H groups in total. The predicted octanol–water partition coefficient (Wildman–Crippen LogP) is 3.92. The highest BCUT2D eigenvalue weighted by Gasteiger charge is 2.21. The molecule has 0 unspecified atom stereocenters. The summed E-state index contributed by atoms with van der Waals surface area (Å²) in [4.78, 5) is 10.9. The molecule has 3 aromatic rings. The molecule has 0 heterocycles. The zero-order valence-electron chi connectivity index (χ0n) is 13.3. The lowest BCUT2D eigenvalue weighted by Gasteiger charge is -2.27. The van der Waals surface area contributed by atoms with Gasteiger partial charge in [0.25, 0.3) is 5.69 Å². The Bertz CT molecular complexity index is 845. The number of benzene rings is 3. The van der Waals surface area contributed by atoms with E-state index in [0.717, 1.165) is 11.4 Å². The van der Waals surface area contributed by atoms with E-state index in [4.69, 9.17) is 11.5 Å². The molecule has 0 spiro atoms. The summed E-state index contributed by atoms with van der Waals surface area (Å²) in [5, 5.41) is 13.1. The smallest absolute Gasteiger partial charge is 0.298 e. The summed E-state index contributed by atoms with van der Waals surface area (Å²) in [5.74, 6) is 0. The van der Waals surface area contributed by atoms with Crippen LogP contribution in [0.25, 0.3) is 0 Å². The number of nitrogens with two attached hydrogens (primary N) is 2. The molecule has 0 saturated heterocycles. The molecule has 0 atom stereocenters. The van der Waals surface area contributed by atoms with Crippen molar-refractivity contribution in [1.82, 2.24) is 0 Å². The molecule has 3 rings (SSSR count). The molecule has 0 saturated carbocycles. The number of hydrogen-bond donors (Lipinski definition) is 3. The van der Waals surface area contributed by atoms with Crippen molar-refractivity contribution in [3.8, 4) is 0 Å². The van der Waals surface area contributed by atoms with E-state index < -0.39 is 4.92 Å². The van der Waals surface area contributed by atoms with Crippen molar-refractivity contribution in [2.75, 3.05) is 21.9 Å². The van der Waals surface area contributed by atoms with Crippen LogP contribution in [0.15, 0.2) is 72.8 Å². The molecular formula is C18H17N5O2. The Morgan fingerprint density at radius 3 is 1.88 bits per heavy atom. The standard InChI is InChI=1S/C18H17N5O2/c19-13-11-16(20)18(17(12-13)23(24)25)21-22(14-7-3-1-4-8-14)15-9-5-2-6-10-15/h1-12,21H,19-20H2. The number of hydrogen-bond acceptors (Lipinski definition) is 6. The Morgan fingerprint density at radius 1 is 0.880 bits per heavy atom. The maximum Gasteiger partial charge on any atom is 0.298 e. The number of para-hydroxylation sites is 2. The minimum absolute atomic E-state index is 0.186. The van der Waals surface area contributed by atoms with Gasteiger partial charge in [-0.1, -0.05) is 36.4 Å². The molecule has 0 amide bonds. The second-order valence-electron chi connectivity index (χ2n) is 5.38. The Hall–Kier alpha value is -3.74. The van der Waals surface area contributed by atoms with Crippen LogP contribution in [-0.4, -0.2) is 4.92 Å². The molecule has 0 aromatic heterocycles. The number of nitro benzene ring substituents is 1. The van der Waals surface area contributed by atoms with E-state index in [0.29, 0.717) is 0 Å². The summed E-state index contributed by atoms with van der Waals surface area (Å²) in [6.07, 6.45) is 0. The average Bonchev–Trinajstić information content (AvgIpc) is 2.62. The Labute approximate surface area is 144 Å². The summed E-state index contributed by atoms with van der Waals surface area (Å²) in [5.41, 5.74) is 16.8. The van der Waals surface area contributed by atoms with E-state index in [1.165, 1.54) is 12.1 Å². The number of hydrazine groups is 1. The lowest BCUT2D eigenvalue weighted by Crippen LogP contribution is -2.25. The van der Waals surface area contributed by atoms with Gasteiger partial charge in [-0.2, -0.15) is 0 Å². The Kier molecular flexibility index (Phi) is 4.38. The lowest BCUT2D eigenvalue weighted by atomic mass is 10.2. The minimum Gasteiger partial charge on any atom is -0.398 e. The largest absolute Gasteiger partial charge is 0.398 e. The summed E-state index contributed by atoms with van der Waals surface area (Å²) >= 11 is 0. The molecule has 0 aliphatic carbocycles. The topological polar surface area (TPSA) is 110 Å². The highest BCUT2D eigenvalue weighted by Crippen LogP contribution is 2.36. The maximum atomic E-state index is 11.4. The molecule has 0 aliphatic heterocycles. The van der Waals surface area contributed by atoms with Crippen LogP contribution in [0.3, 0.4) is 0 Å². The van der Waals surface area contributed by atoms with Crippen molar-refractivity contribution in [3.63, 3.8) is 0 Å². The molecule has 0 radical (unpaired) electrons. The zero-order chi connectivity index (χ0) is 17.8. The van der Waals surface area contributed by atoms with Gasteiger partial charge in [0.15, 0.2) is 5.69 Å². The third-order valence-corrected chi connectivity index (χ3v) is 3.62. The van der Waals surface area contributed by atoms with Crippen LogP contribution < -0.4 is 21.9 Å². The van der Waals surface area contributed by atoms with Gasteiger partial charge in [0.05, 0.1) is 22.0 Å². The van der Waals surface area contributed by atoms with Gasteiger partial charge in [-0.25, -0.2) is 0 Å². The molecule has 126 valence electrons. The summed E-state index contributed by atoms with van der Waals surface area (Å²) in [6.45, 7) is 0. The second-order valence-corrected chi connectivity index (χ2v) is 5.38. The van der Waals surface area contributed by atoms with E-state index in [2.05, 4.69) is 5.43 Å². The van der Waals surface area contributed by atoms with Crippen LogP contribution >= 0.6 is 0 Å². The Morgan fingerprint density at radius 2 is 1.40 bits per heavy atom. The van der Waals surface area contributed by atoms with Gasteiger partial charge in [0, 0.05) is 11.8 Å². The monoisotopic (exact) mass is 335 g/mol. The fraction of sp³-hybridized carbons (Fsp3) is 0. The fourth-order valence-electron chi connectivity index (χ4n) is 2.48. The van der Waals surface area contributed by atoms with Gasteiger partial charge in [-0.15, -0.1) is 0 Å². The molecule has 7 heteroatoms. The van der Waals surface area contributed by atoms with E-state index >= 15 is 0 Å². The molecule has 0 fully saturated rings. The van der Waals surface area contributed by atoms with Gasteiger partial charge in [0.2, 0.25) is 0 Å². The first kappa shape index (κ1) is 16.1. The van der Waals surface area contributed by atoms with E-state index in [9.17, 15) is 10.1 Å². The van der Waals surface area contributed by atoms with Gasteiger partial charge in [-0.3, -0.25) is 20.5 Å². The highest BCUT2D eigenvalue weighted by molar-refractivity contribution is 5.84. The van der Waals surface area contributed by atoms with Gasteiger partial charge >= 0.3 is 0 Å². The summed E-state index contributed by atoms with van der Waals surface area (Å²) in [7, 11) is 0. The molecule has 3 aromatic carbocycles. The highest BCUT2D eigenvalue weighted by atomic mass is 16.6. The number of nitro groups is 1. The summed E-state index contributed by atoms with van der Waals surface area (Å²) in [6, 6.07) is 21.6. The van der Waals surface area contributed by atoms with Crippen molar-refractivity contribution in [2.45, 2.75) is 0 Å². The van der Waals surface area contributed by atoms with Crippen molar-refractivity contribution < 1.29 is 4.92 Å². The predicted molar refractivity (Wildman–Crippen MR) is 101 cm³/mol. The van der Waals surface area contributed by atoms with Crippen LogP contribution in [0.1, 0.15) is 0 Å². The molecule has 25 heavy (non-hydrogen) atoms. The van der Waals surface area contributed by atoms with Crippen molar-refractivity contribution >= 4 is 34.1 Å². The van der Waals surface area contributed by atoms with Crippen LogP contribution in [0.2, 0.25) is 0 Å². The van der Waals surface area contributed by atoms with Gasteiger partial charge < -0.3 is 11.5 Å². The number of nitrogens with zero attached hydrogens (tertiary/aromatic N) is 2. The molecule has 0 aliphatic rings. The first-order valence-corrected chi connectivity index (χ1v) is 7.56. The first-order valence-electron chi connectivity index (χ1n) is 7.56. The lowest BCUT2D eigenvalue weighted by molar-refractivity contribution is -0.383. The third kappa shape index (κ3) is 3.45. The Balaban J connectivity index is 2.10. The molecular weight excluding hydrogens is 318 g/mol. The fourth-order valence-corrected chi connectivity index (χ4v) is 2.48. The van der Waals surface area contributed by atoms with Crippen molar-refractivity contribution in [2.24, 2.45) is 0 Å². The van der Waals surface area contributed by atoms with E-state index in [-0.39, 0.29) is 22.7 Å². The van der Waals surface area contributed by atoms with E-state index in [1.54, 1.807) is 5.01 Å². The number of nitrogen functional groups attached to an aromatic ring is 2. The first-order chi connectivity index (χ1) is 12.1. The van der Waals surface area contributed by atoms with Crippen LogP contribution in [0.5, 0.6) is 0 Å². The second kappa shape index (κ2) is 6.79. The van der Waals surface area contributed by atoms with Crippen molar-refractivity contribution in [3.05, 3.63) is 82.9 Å². The maximum absolute atomic E-state index is 11.4. The van der Waals surface area contributed by atoms with E-state index in [1.807, 2.05) is 60.7 Å². The average molecular weight is 335 g/mol. The van der Waals surface area contributed by atoms with Gasteiger partial charge in [0.1, 0.15) is 0 Å². The SMILES string of the molecule is Nc1cc(N)c(NN(c2ccccc2)c2ccccc2)c([N+](=O)[O-])c1. The third-order valence-electron chi connectivity index (χ3n) is 3.62. The quantitative estimate of drug-likeness (QED) is 0.370. The number of anilines is 5. The number of rotatable bonds is 5. The van der Waals surface area contributed by atoms with Crippen LogP contribution in [0, 0.1) is 10.1 Å². The van der Waals surface area contributed by atoms with Crippen molar-refractivity contribution in [1.29, 1.82) is 0 Å². The minimum atomic E-state index is -0.511. The van der Waals surface area contributed by atoms with Crippen LogP contribution in [-0.2, 0) is 0 Å². The molecule has 7 nitrogen and oxygen atoms in total.